The van der Waals surface area contributed by atoms with Gasteiger partial charge in [0.25, 0.3) is 0 Å². The first-order chi connectivity index (χ1) is 4.34. The van der Waals surface area contributed by atoms with Crippen molar-refractivity contribution in [3.63, 3.8) is 0 Å². The van der Waals surface area contributed by atoms with E-state index in [2.05, 4.69) is 20.3 Å². The molecule has 1 fully saturated rings. The summed E-state index contributed by atoms with van der Waals surface area (Å²) in [5, 5.41) is 0. The van der Waals surface area contributed by atoms with E-state index in [9.17, 15) is 0 Å². The van der Waals surface area contributed by atoms with E-state index >= 15 is 0 Å². The summed E-state index contributed by atoms with van der Waals surface area (Å²) in [6, 6.07) is 0. The molecule has 1 aliphatic rings. The van der Waals surface area contributed by atoms with E-state index in [-0.39, 0.29) is 0 Å². The average Bonchev–Trinajstić information content (AvgIpc) is 1.89. The van der Waals surface area contributed by atoms with E-state index in [0.29, 0.717) is 0 Å². The quantitative estimate of drug-likeness (QED) is 0.505. The molecule has 1 radical (unpaired) electrons. The molecular weight excluding hydrogens is 108 g/mol. The highest BCUT2D eigenvalue weighted by Crippen LogP contribution is 2.30. The first-order valence-electron chi connectivity index (χ1n) is 4.16. The molecule has 2 atom stereocenters. The maximum absolute atomic E-state index is 2.44. The highest BCUT2D eigenvalue weighted by molar-refractivity contribution is 4.80. The van der Waals surface area contributed by atoms with Gasteiger partial charge in [-0.15, -0.1) is 0 Å². The third-order valence-corrected chi connectivity index (χ3v) is 2.61. The summed E-state index contributed by atoms with van der Waals surface area (Å²) in [5.41, 5.74) is 0. The third-order valence-electron chi connectivity index (χ3n) is 2.61. The van der Waals surface area contributed by atoms with Crippen molar-refractivity contribution in [3.05, 3.63) is 6.42 Å². The highest BCUT2D eigenvalue weighted by atomic mass is 14.2. The Morgan fingerprint density at radius 2 is 2.33 bits per heavy atom. The molecular formula is C9H17. The van der Waals surface area contributed by atoms with Crippen LogP contribution < -0.4 is 0 Å². The fourth-order valence-electron chi connectivity index (χ4n) is 1.80. The Morgan fingerprint density at radius 3 is 2.78 bits per heavy atom. The monoisotopic (exact) mass is 125 g/mol. The van der Waals surface area contributed by atoms with Crippen molar-refractivity contribution < 1.29 is 0 Å². The van der Waals surface area contributed by atoms with E-state index in [1.54, 1.807) is 0 Å². The average molecular weight is 125 g/mol. The number of hydrogen-bond acceptors (Lipinski definition) is 0. The molecule has 0 saturated heterocycles. The molecule has 0 N–H and O–H groups in total. The second kappa shape index (κ2) is 3.24. The van der Waals surface area contributed by atoms with Gasteiger partial charge in [0, 0.05) is 0 Å². The summed E-state index contributed by atoms with van der Waals surface area (Å²) in [6.07, 6.45) is 7.99. The predicted molar refractivity (Wildman–Crippen MR) is 41.1 cm³/mol. The van der Waals surface area contributed by atoms with Crippen LogP contribution in [-0.4, -0.2) is 0 Å². The van der Waals surface area contributed by atoms with Gasteiger partial charge in [-0.05, 0) is 37.5 Å². The maximum atomic E-state index is 2.44. The van der Waals surface area contributed by atoms with Crippen LogP contribution in [0.2, 0.25) is 0 Å². The molecule has 1 saturated carbocycles. The Bertz CT molecular complexity index is 76.1. The molecule has 0 bridgehead atoms. The fourth-order valence-corrected chi connectivity index (χ4v) is 1.80. The molecule has 0 amide bonds. The predicted octanol–water partition coefficient (Wildman–Crippen LogP) is 3.04. The van der Waals surface area contributed by atoms with Crippen molar-refractivity contribution in [3.8, 4) is 0 Å². The van der Waals surface area contributed by atoms with Crippen LogP contribution in [0.15, 0.2) is 0 Å². The second-order valence-corrected chi connectivity index (χ2v) is 3.25. The van der Waals surface area contributed by atoms with Gasteiger partial charge in [-0.3, -0.25) is 0 Å². The Labute approximate surface area is 58.7 Å². The Balaban J connectivity index is 2.30. The largest absolute Gasteiger partial charge is 0.0651 e. The van der Waals surface area contributed by atoms with E-state index in [0.717, 1.165) is 11.8 Å². The van der Waals surface area contributed by atoms with Crippen LogP contribution in [0.3, 0.4) is 0 Å². The van der Waals surface area contributed by atoms with Gasteiger partial charge in [-0.25, -0.2) is 0 Å². The molecule has 0 spiro atoms. The zero-order valence-corrected chi connectivity index (χ0v) is 6.56. The van der Waals surface area contributed by atoms with Gasteiger partial charge in [-0.2, -0.15) is 0 Å². The number of hydrogen-bond donors (Lipinski definition) is 0. The van der Waals surface area contributed by atoms with Gasteiger partial charge < -0.3 is 0 Å². The van der Waals surface area contributed by atoms with Gasteiger partial charge in [0.15, 0.2) is 0 Å². The zero-order valence-electron chi connectivity index (χ0n) is 6.56. The molecule has 0 aromatic heterocycles. The second-order valence-electron chi connectivity index (χ2n) is 3.25. The number of rotatable bonds is 1. The van der Waals surface area contributed by atoms with Crippen molar-refractivity contribution in [2.75, 3.05) is 0 Å². The summed E-state index contributed by atoms with van der Waals surface area (Å²) in [5.74, 6) is 1.98. The first-order valence-corrected chi connectivity index (χ1v) is 4.16. The molecule has 0 heteroatoms. The molecule has 0 aromatic carbocycles. The lowest BCUT2D eigenvalue weighted by Gasteiger charge is -2.27. The molecule has 9 heavy (non-hydrogen) atoms. The summed E-state index contributed by atoms with van der Waals surface area (Å²) < 4.78 is 0. The maximum Gasteiger partial charge on any atom is -0.0383 e. The molecule has 0 aliphatic heterocycles. The Morgan fingerprint density at radius 1 is 1.56 bits per heavy atom. The van der Waals surface area contributed by atoms with Crippen molar-refractivity contribution in [1.29, 1.82) is 0 Å². The van der Waals surface area contributed by atoms with Crippen LogP contribution >= 0.6 is 0 Å². The Hall–Kier alpha value is 0. The highest BCUT2D eigenvalue weighted by Gasteiger charge is 2.18. The molecule has 0 aromatic rings. The normalized spacial score (nSPS) is 36.7. The minimum Gasteiger partial charge on any atom is -0.0651 e. The van der Waals surface area contributed by atoms with E-state index < -0.39 is 0 Å². The van der Waals surface area contributed by atoms with Crippen LogP contribution in [0.5, 0.6) is 0 Å². The van der Waals surface area contributed by atoms with E-state index in [4.69, 9.17) is 0 Å². The van der Waals surface area contributed by atoms with Crippen LogP contribution in [0.1, 0.15) is 39.5 Å². The third kappa shape index (κ3) is 1.70. The first kappa shape index (κ1) is 7.11. The van der Waals surface area contributed by atoms with Crippen molar-refractivity contribution in [1.82, 2.24) is 0 Å². The van der Waals surface area contributed by atoms with Crippen molar-refractivity contribution >= 4 is 0 Å². The minimum absolute atomic E-state index is 0.962. The molecule has 1 rings (SSSR count). The van der Waals surface area contributed by atoms with Crippen LogP contribution in [0.4, 0.5) is 0 Å². The minimum atomic E-state index is 0.962. The van der Waals surface area contributed by atoms with Crippen LogP contribution in [-0.2, 0) is 0 Å². The Kier molecular flexibility index (Phi) is 2.56. The lowest BCUT2D eigenvalue weighted by molar-refractivity contribution is 0.286. The van der Waals surface area contributed by atoms with Crippen LogP contribution in [0.25, 0.3) is 0 Å². The molecule has 1 aliphatic carbocycles. The topological polar surface area (TPSA) is 0 Å². The summed E-state index contributed by atoms with van der Waals surface area (Å²) in [4.78, 5) is 0. The smallest absolute Gasteiger partial charge is 0.0383 e. The van der Waals surface area contributed by atoms with Gasteiger partial charge in [0.2, 0.25) is 0 Å². The van der Waals surface area contributed by atoms with Crippen molar-refractivity contribution in [2.24, 2.45) is 11.8 Å². The SMILES string of the molecule is CCC1CC[CH]CC1C. The van der Waals surface area contributed by atoms with Gasteiger partial charge in [0.1, 0.15) is 0 Å². The van der Waals surface area contributed by atoms with Gasteiger partial charge in [-0.1, -0.05) is 20.3 Å². The van der Waals surface area contributed by atoms with E-state index in [1.165, 1.54) is 25.7 Å². The van der Waals surface area contributed by atoms with E-state index in [1.807, 2.05) is 0 Å². The molecule has 53 valence electrons. The lowest BCUT2D eigenvalue weighted by atomic mass is 9.79. The zero-order chi connectivity index (χ0) is 6.69. The molecule has 0 nitrogen and oxygen atoms in total. The fraction of sp³-hybridized carbons (Fsp3) is 0.889. The van der Waals surface area contributed by atoms with Crippen LogP contribution in [0, 0.1) is 18.3 Å². The standard InChI is InChI=1S/C9H17/c1-3-9-7-5-4-6-8(9)2/h4,8-9H,3,5-7H2,1-2H3. The lowest BCUT2D eigenvalue weighted by Crippen LogP contribution is -2.15. The van der Waals surface area contributed by atoms with Gasteiger partial charge in [0.05, 0.1) is 0 Å². The van der Waals surface area contributed by atoms with Gasteiger partial charge >= 0.3 is 0 Å². The van der Waals surface area contributed by atoms with Crippen molar-refractivity contribution in [2.45, 2.75) is 39.5 Å². The summed E-state index contributed by atoms with van der Waals surface area (Å²) >= 11 is 0. The summed E-state index contributed by atoms with van der Waals surface area (Å²) in [7, 11) is 0. The summed E-state index contributed by atoms with van der Waals surface area (Å²) in [6.45, 7) is 4.69. The molecule has 0 heterocycles. The molecule has 2 unspecified atom stereocenters.